The maximum Gasteiger partial charge on any atom is 0.267 e. The first-order valence-electron chi connectivity index (χ1n) is 5.19. The fraction of sp³-hybridized carbons (Fsp3) is 0. The van der Waals surface area contributed by atoms with Gasteiger partial charge in [-0.05, 0) is 17.7 Å². The van der Waals surface area contributed by atoms with Gasteiger partial charge in [0, 0.05) is 12.4 Å². The van der Waals surface area contributed by atoms with Crippen molar-refractivity contribution >= 4 is 51.1 Å². The van der Waals surface area contributed by atoms with Gasteiger partial charge in [-0.25, -0.2) is 4.98 Å². The number of nitrogens with zero attached hydrogens (tertiary/aromatic N) is 2. The maximum absolute atomic E-state index is 12.4. The van der Waals surface area contributed by atoms with Gasteiger partial charge in [-0.1, -0.05) is 52.2 Å². The molecule has 2 aromatic heterocycles. The summed E-state index contributed by atoms with van der Waals surface area (Å²) in [6.07, 6.45) is 3.16. The van der Waals surface area contributed by atoms with E-state index in [9.17, 15) is 4.79 Å². The summed E-state index contributed by atoms with van der Waals surface area (Å²) in [7, 11) is 0. The highest BCUT2D eigenvalue weighted by Crippen LogP contribution is 2.33. The number of rotatable bonds is 1. The second-order valence-electron chi connectivity index (χ2n) is 3.76. The van der Waals surface area contributed by atoms with Crippen LogP contribution in [0.1, 0.15) is 0 Å². The molecule has 0 N–H and O–H groups in total. The lowest BCUT2D eigenvalue weighted by Gasteiger charge is -2.05. The normalized spacial score (nSPS) is 11.1. The van der Waals surface area contributed by atoms with Gasteiger partial charge in [-0.2, -0.15) is 0 Å². The molecule has 3 aromatic rings. The summed E-state index contributed by atoms with van der Waals surface area (Å²) < 4.78 is 1.83. The Morgan fingerprint density at radius 1 is 1.16 bits per heavy atom. The Morgan fingerprint density at radius 2 is 1.95 bits per heavy atom. The largest absolute Gasteiger partial charge is 0.268 e. The quantitative estimate of drug-likeness (QED) is 0.663. The Kier molecular flexibility index (Phi) is 3.27. The lowest BCUT2D eigenvalue weighted by Crippen LogP contribution is -2.13. The summed E-state index contributed by atoms with van der Waals surface area (Å²) in [5, 5.41) is 0.812. The SMILES string of the molecule is O=c1c(-c2ccc(Cl)c(Cl)c2)c(Cl)sc2nccn12. The molecule has 0 saturated heterocycles. The smallest absolute Gasteiger partial charge is 0.267 e. The molecule has 0 amide bonds. The first-order valence-corrected chi connectivity index (χ1v) is 7.14. The molecule has 0 fully saturated rings. The average molecular weight is 332 g/mol. The van der Waals surface area contributed by atoms with Crippen molar-refractivity contribution in [2.75, 3.05) is 0 Å². The van der Waals surface area contributed by atoms with Crippen LogP contribution in [0.25, 0.3) is 16.1 Å². The molecule has 19 heavy (non-hydrogen) atoms. The molecule has 3 nitrogen and oxygen atoms in total. The van der Waals surface area contributed by atoms with Gasteiger partial charge >= 0.3 is 0 Å². The van der Waals surface area contributed by atoms with Crippen LogP contribution in [0.5, 0.6) is 0 Å². The van der Waals surface area contributed by atoms with Crippen LogP contribution < -0.4 is 5.56 Å². The van der Waals surface area contributed by atoms with Crippen LogP contribution in [0.4, 0.5) is 0 Å². The van der Waals surface area contributed by atoms with Crippen molar-refractivity contribution in [1.29, 1.82) is 0 Å². The van der Waals surface area contributed by atoms with Gasteiger partial charge in [0.2, 0.25) is 0 Å². The Hall–Kier alpha value is -1.07. The number of hydrogen-bond donors (Lipinski definition) is 0. The zero-order chi connectivity index (χ0) is 13.6. The van der Waals surface area contributed by atoms with Gasteiger partial charge in [-0.3, -0.25) is 9.20 Å². The van der Waals surface area contributed by atoms with Gasteiger partial charge < -0.3 is 0 Å². The van der Waals surface area contributed by atoms with Crippen LogP contribution in [0.15, 0.2) is 35.4 Å². The van der Waals surface area contributed by atoms with Crippen molar-refractivity contribution in [2.24, 2.45) is 0 Å². The van der Waals surface area contributed by atoms with E-state index in [1.165, 1.54) is 15.7 Å². The number of imidazole rings is 1. The summed E-state index contributed by atoms with van der Waals surface area (Å²) in [6.45, 7) is 0. The number of halogens is 3. The summed E-state index contributed by atoms with van der Waals surface area (Å²) in [6, 6.07) is 4.98. The summed E-state index contributed by atoms with van der Waals surface area (Å²) in [4.78, 5) is 17.0. The number of aromatic nitrogens is 2. The van der Waals surface area contributed by atoms with Crippen molar-refractivity contribution in [1.82, 2.24) is 9.38 Å². The molecule has 0 radical (unpaired) electrons. The van der Waals surface area contributed by atoms with Gasteiger partial charge in [0.25, 0.3) is 5.56 Å². The monoisotopic (exact) mass is 330 g/mol. The van der Waals surface area contributed by atoms with Crippen molar-refractivity contribution in [2.45, 2.75) is 0 Å². The van der Waals surface area contributed by atoms with E-state index in [-0.39, 0.29) is 5.56 Å². The molecule has 96 valence electrons. The molecule has 0 spiro atoms. The van der Waals surface area contributed by atoms with E-state index < -0.39 is 0 Å². The number of hydrogen-bond acceptors (Lipinski definition) is 3. The van der Waals surface area contributed by atoms with Gasteiger partial charge in [-0.15, -0.1) is 0 Å². The molecular formula is C12H5Cl3N2OS. The zero-order valence-electron chi connectivity index (χ0n) is 9.23. The molecule has 7 heteroatoms. The predicted molar refractivity (Wildman–Crippen MR) is 79.8 cm³/mol. The van der Waals surface area contributed by atoms with Crippen LogP contribution in [0.2, 0.25) is 14.4 Å². The standard InChI is InChI=1S/C12H5Cl3N2OS/c13-7-2-1-6(5-8(7)14)9-10(15)19-12-16-3-4-17(12)11(9)18/h1-5H. The summed E-state index contributed by atoms with van der Waals surface area (Å²) in [5.41, 5.74) is 0.807. The fourth-order valence-electron chi connectivity index (χ4n) is 1.74. The topological polar surface area (TPSA) is 34.4 Å². The molecular weight excluding hydrogens is 327 g/mol. The fourth-order valence-corrected chi connectivity index (χ4v) is 3.26. The van der Waals surface area contributed by atoms with Crippen molar-refractivity contribution in [3.8, 4) is 11.1 Å². The molecule has 3 rings (SSSR count). The molecule has 0 unspecified atom stereocenters. The molecule has 0 saturated carbocycles. The van der Waals surface area contributed by atoms with Gasteiger partial charge in [0.1, 0.15) is 4.34 Å². The molecule has 1 aromatic carbocycles. The first kappa shape index (κ1) is 12.9. The van der Waals surface area contributed by atoms with Crippen LogP contribution in [0, 0.1) is 0 Å². The summed E-state index contributed by atoms with van der Waals surface area (Å²) >= 11 is 19.3. The molecule has 0 aliphatic heterocycles. The number of benzene rings is 1. The highest BCUT2D eigenvalue weighted by atomic mass is 35.5. The minimum atomic E-state index is -0.227. The van der Waals surface area contributed by atoms with E-state index in [4.69, 9.17) is 34.8 Å². The Morgan fingerprint density at radius 3 is 2.68 bits per heavy atom. The van der Waals surface area contributed by atoms with Gasteiger partial charge in [0.05, 0.1) is 15.6 Å². The lowest BCUT2D eigenvalue weighted by atomic mass is 10.1. The molecule has 0 atom stereocenters. The third kappa shape index (κ3) is 2.15. The van der Waals surface area contributed by atoms with Crippen molar-refractivity contribution < 1.29 is 0 Å². The Balaban J connectivity index is 2.35. The Labute approximate surface area is 127 Å². The van der Waals surface area contributed by atoms with E-state index in [0.717, 1.165) is 0 Å². The zero-order valence-corrected chi connectivity index (χ0v) is 12.3. The van der Waals surface area contributed by atoms with E-state index in [1.807, 2.05) is 0 Å². The van der Waals surface area contributed by atoms with E-state index in [0.29, 0.717) is 30.5 Å². The number of fused-ring (bicyclic) bond motifs is 1. The van der Waals surface area contributed by atoms with Crippen molar-refractivity contribution in [3.63, 3.8) is 0 Å². The second-order valence-corrected chi connectivity index (χ2v) is 6.16. The summed E-state index contributed by atoms with van der Waals surface area (Å²) in [5.74, 6) is 0. The third-order valence-corrected chi connectivity index (χ3v) is 4.65. The van der Waals surface area contributed by atoms with Gasteiger partial charge in [0.15, 0.2) is 4.96 Å². The molecule has 2 heterocycles. The third-order valence-electron chi connectivity index (χ3n) is 2.63. The minimum Gasteiger partial charge on any atom is -0.268 e. The van der Waals surface area contributed by atoms with E-state index >= 15 is 0 Å². The highest BCUT2D eigenvalue weighted by molar-refractivity contribution is 7.20. The molecule has 0 aliphatic carbocycles. The second kappa shape index (κ2) is 4.80. The van der Waals surface area contributed by atoms with E-state index in [2.05, 4.69) is 4.98 Å². The van der Waals surface area contributed by atoms with Crippen LogP contribution in [-0.4, -0.2) is 9.38 Å². The van der Waals surface area contributed by atoms with E-state index in [1.54, 1.807) is 30.6 Å². The maximum atomic E-state index is 12.4. The van der Waals surface area contributed by atoms with Crippen LogP contribution >= 0.6 is 46.1 Å². The van der Waals surface area contributed by atoms with Crippen molar-refractivity contribution in [3.05, 3.63) is 55.3 Å². The lowest BCUT2D eigenvalue weighted by molar-refractivity contribution is 1.14. The highest BCUT2D eigenvalue weighted by Gasteiger charge is 2.14. The average Bonchev–Trinajstić information content (AvgIpc) is 2.82. The van der Waals surface area contributed by atoms with Crippen LogP contribution in [-0.2, 0) is 0 Å². The van der Waals surface area contributed by atoms with Crippen LogP contribution in [0.3, 0.4) is 0 Å². The Bertz CT molecular complexity index is 841. The minimum absolute atomic E-state index is 0.227. The molecule has 0 aliphatic rings. The molecule has 0 bridgehead atoms. The predicted octanol–water partition coefficient (Wildman–Crippen LogP) is 4.38. The first-order chi connectivity index (χ1) is 9.08.